The molecule has 150 valence electrons. The van der Waals surface area contributed by atoms with Gasteiger partial charge in [-0.05, 0) is 37.1 Å². The summed E-state index contributed by atoms with van der Waals surface area (Å²) in [5.41, 5.74) is 1.93. The Kier molecular flexibility index (Phi) is 7.23. The fraction of sp³-hybridized carbons (Fsp3) is 0.350. The van der Waals surface area contributed by atoms with E-state index in [2.05, 4.69) is 24.3 Å². The van der Waals surface area contributed by atoms with E-state index in [1.54, 1.807) is 22.9 Å². The lowest BCUT2D eigenvalue weighted by atomic mass is 10.1. The number of methoxy groups -OCH3 is 2. The second-order valence-electron chi connectivity index (χ2n) is 6.59. The minimum atomic E-state index is -0.577. The summed E-state index contributed by atoms with van der Waals surface area (Å²) >= 11 is 6.38. The van der Waals surface area contributed by atoms with Crippen LogP contribution in [0.1, 0.15) is 35.5 Å². The monoisotopic (exact) mass is 405 g/mol. The first-order chi connectivity index (χ1) is 13.3. The minimum Gasteiger partial charge on any atom is -0.497 e. The zero-order valence-electron chi connectivity index (χ0n) is 16.6. The van der Waals surface area contributed by atoms with Gasteiger partial charge < -0.3 is 14.8 Å². The number of hydrogen-bond donors (Lipinski definition) is 1. The number of hydrogen-bond acceptors (Lipinski definition) is 5. The molecule has 1 aromatic carbocycles. The molecule has 0 spiro atoms. The molecule has 2 aromatic rings. The second-order valence-corrected chi connectivity index (χ2v) is 6.95. The Morgan fingerprint density at radius 3 is 2.64 bits per heavy atom. The molecule has 0 saturated carbocycles. The maximum Gasteiger partial charge on any atom is 0.340 e. The number of aromatic nitrogens is 2. The van der Waals surface area contributed by atoms with Crippen molar-refractivity contribution < 1.29 is 19.1 Å². The molecular weight excluding hydrogens is 382 g/mol. The molecule has 1 amide bonds. The van der Waals surface area contributed by atoms with E-state index in [1.807, 2.05) is 6.92 Å². The van der Waals surface area contributed by atoms with E-state index in [0.717, 1.165) is 5.69 Å². The number of halogens is 1. The normalized spacial score (nSPS) is 11.1. The van der Waals surface area contributed by atoms with Crippen LogP contribution >= 0.6 is 11.6 Å². The Hall–Kier alpha value is -2.80. The van der Waals surface area contributed by atoms with Crippen molar-refractivity contribution in [1.29, 1.82) is 0 Å². The van der Waals surface area contributed by atoms with E-state index in [9.17, 15) is 9.59 Å². The summed E-state index contributed by atoms with van der Waals surface area (Å²) in [6.07, 6.45) is 2.96. The lowest BCUT2D eigenvalue weighted by Gasteiger charge is -2.10. The van der Waals surface area contributed by atoms with Gasteiger partial charge in [0.05, 0.1) is 31.2 Å². The molecular formula is C20H24ClN3O4. The molecule has 0 atom stereocenters. The van der Waals surface area contributed by atoms with E-state index in [4.69, 9.17) is 21.1 Å². The molecule has 1 heterocycles. The van der Waals surface area contributed by atoms with E-state index in [0.29, 0.717) is 34.6 Å². The number of carbonyl (C=O) groups is 2. The standard InChI is InChI=1S/C20H24ClN3O4/c1-12(2)11-24-19(21)15(13(3)23-24)7-9-18(25)22-17-8-6-14(27-4)10-16(17)20(26)28-5/h6-10,12H,11H2,1-5H3,(H,22,25)/b9-7+. The Morgan fingerprint density at radius 2 is 2.04 bits per heavy atom. The van der Waals surface area contributed by atoms with Crippen LogP contribution in [0.3, 0.4) is 0 Å². The third-order valence-corrected chi connectivity index (χ3v) is 4.34. The third kappa shape index (κ3) is 5.13. The minimum absolute atomic E-state index is 0.197. The van der Waals surface area contributed by atoms with E-state index < -0.39 is 11.9 Å². The summed E-state index contributed by atoms with van der Waals surface area (Å²) < 4.78 is 11.6. The molecule has 2 rings (SSSR count). The molecule has 1 N–H and O–H groups in total. The van der Waals surface area contributed by atoms with Crippen LogP contribution in [0.2, 0.25) is 5.15 Å². The third-order valence-electron chi connectivity index (χ3n) is 3.94. The number of ether oxygens (including phenoxy) is 2. The molecule has 0 bridgehead atoms. The highest BCUT2D eigenvalue weighted by Gasteiger charge is 2.15. The first-order valence-corrected chi connectivity index (χ1v) is 9.13. The van der Waals surface area contributed by atoms with Gasteiger partial charge in [0, 0.05) is 18.2 Å². The van der Waals surface area contributed by atoms with Crippen molar-refractivity contribution in [3.8, 4) is 5.75 Å². The van der Waals surface area contributed by atoms with E-state index >= 15 is 0 Å². The van der Waals surface area contributed by atoms with Gasteiger partial charge in [-0.3, -0.25) is 9.48 Å². The van der Waals surface area contributed by atoms with Crippen LogP contribution in [0.5, 0.6) is 5.75 Å². The molecule has 8 heteroatoms. The van der Waals surface area contributed by atoms with Crippen molar-refractivity contribution >= 4 is 35.2 Å². The molecule has 0 fully saturated rings. The van der Waals surface area contributed by atoms with E-state index in [1.165, 1.54) is 26.4 Å². The number of aryl methyl sites for hydroxylation is 1. The summed E-state index contributed by atoms with van der Waals surface area (Å²) in [7, 11) is 2.76. The first kappa shape index (κ1) is 21.5. The second kappa shape index (κ2) is 9.41. The molecule has 0 aliphatic heterocycles. The maximum atomic E-state index is 12.4. The smallest absolute Gasteiger partial charge is 0.340 e. The SMILES string of the molecule is COC(=O)c1cc(OC)ccc1NC(=O)/C=C/c1c(C)nn(CC(C)C)c1Cl. The predicted molar refractivity (Wildman–Crippen MR) is 109 cm³/mol. The number of nitrogens with zero attached hydrogens (tertiary/aromatic N) is 2. The summed E-state index contributed by atoms with van der Waals surface area (Å²) in [6, 6.07) is 4.72. The average molecular weight is 406 g/mol. The zero-order valence-corrected chi connectivity index (χ0v) is 17.3. The molecule has 0 unspecified atom stereocenters. The molecule has 1 aromatic heterocycles. The number of esters is 1. The van der Waals surface area contributed by atoms with Gasteiger partial charge in [0.1, 0.15) is 10.9 Å². The first-order valence-electron chi connectivity index (χ1n) is 8.75. The number of carbonyl (C=O) groups excluding carboxylic acids is 2. The molecule has 0 aliphatic carbocycles. The summed E-state index contributed by atoms with van der Waals surface area (Å²) in [6.45, 7) is 6.67. The van der Waals surface area contributed by atoms with Crippen LogP contribution in [-0.2, 0) is 16.1 Å². The Morgan fingerprint density at radius 1 is 1.32 bits per heavy atom. The fourth-order valence-corrected chi connectivity index (χ4v) is 2.90. The van der Waals surface area contributed by atoms with Crippen LogP contribution in [-0.4, -0.2) is 35.9 Å². The maximum absolute atomic E-state index is 12.4. The highest BCUT2D eigenvalue weighted by Crippen LogP contribution is 2.24. The number of anilines is 1. The molecule has 0 aliphatic rings. The number of benzene rings is 1. The average Bonchev–Trinajstić information content (AvgIpc) is 2.92. The zero-order chi connectivity index (χ0) is 20.8. The van der Waals surface area contributed by atoms with Crippen molar-refractivity contribution in [3.05, 3.63) is 46.2 Å². The number of rotatable bonds is 7. The largest absolute Gasteiger partial charge is 0.497 e. The molecule has 28 heavy (non-hydrogen) atoms. The van der Waals surface area contributed by atoms with Gasteiger partial charge in [0.15, 0.2) is 0 Å². The molecule has 0 saturated heterocycles. The van der Waals surface area contributed by atoms with Gasteiger partial charge in [-0.1, -0.05) is 25.4 Å². The predicted octanol–water partition coefficient (Wildman–Crippen LogP) is 3.95. The van der Waals surface area contributed by atoms with Gasteiger partial charge in [0.2, 0.25) is 5.91 Å². The van der Waals surface area contributed by atoms with Crippen LogP contribution in [0, 0.1) is 12.8 Å². The summed E-state index contributed by atoms with van der Waals surface area (Å²) in [5.74, 6) is -0.118. The van der Waals surface area contributed by atoms with Crippen LogP contribution in [0.15, 0.2) is 24.3 Å². The van der Waals surface area contributed by atoms with Gasteiger partial charge in [-0.25, -0.2) is 4.79 Å². The van der Waals surface area contributed by atoms with Gasteiger partial charge in [0.25, 0.3) is 0 Å². The van der Waals surface area contributed by atoms with Crippen LogP contribution in [0.4, 0.5) is 5.69 Å². The van der Waals surface area contributed by atoms with Crippen molar-refractivity contribution in [2.45, 2.75) is 27.3 Å². The fourth-order valence-electron chi connectivity index (χ4n) is 2.59. The highest BCUT2D eigenvalue weighted by molar-refractivity contribution is 6.31. The summed E-state index contributed by atoms with van der Waals surface area (Å²) in [4.78, 5) is 24.3. The van der Waals surface area contributed by atoms with Gasteiger partial charge >= 0.3 is 5.97 Å². The van der Waals surface area contributed by atoms with E-state index in [-0.39, 0.29) is 5.56 Å². The summed E-state index contributed by atoms with van der Waals surface area (Å²) in [5, 5.41) is 7.56. The van der Waals surface area contributed by atoms with Crippen LogP contribution < -0.4 is 10.1 Å². The Balaban J connectivity index is 2.21. The quantitative estimate of drug-likeness (QED) is 0.557. The lowest BCUT2D eigenvalue weighted by molar-refractivity contribution is -0.111. The van der Waals surface area contributed by atoms with Crippen molar-refractivity contribution in [2.75, 3.05) is 19.5 Å². The van der Waals surface area contributed by atoms with Gasteiger partial charge in [-0.15, -0.1) is 0 Å². The van der Waals surface area contributed by atoms with Gasteiger partial charge in [-0.2, -0.15) is 5.10 Å². The van der Waals surface area contributed by atoms with Crippen molar-refractivity contribution in [3.63, 3.8) is 0 Å². The van der Waals surface area contributed by atoms with Crippen LogP contribution in [0.25, 0.3) is 6.08 Å². The topological polar surface area (TPSA) is 82.4 Å². The number of nitrogens with one attached hydrogen (secondary N) is 1. The van der Waals surface area contributed by atoms with Crippen molar-refractivity contribution in [1.82, 2.24) is 9.78 Å². The highest BCUT2D eigenvalue weighted by atomic mass is 35.5. The Bertz CT molecular complexity index is 903. The lowest BCUT2D eigenvalue weighted by Crippen LogP contribution is -2.13. The number of amides is 1. The van der Waals surface area contributed by atoms with Crippen molar-refractivity contribution in [2.24, 2.45) is 5.92 Å². The molecule has 7 nitrogen and oxygen atoms in total. The molecule has 0 radical (unpaired) electrons. The Labute approximate surface area is 169 Å².